The summed E-state index contributed by atoms with van der Waals surface area (Å²) in [5.74, 6) is 0.813. The second kappa shape index (κ2) is 9.22. The van der Waals surface area contributed by atoms with E-state index >= 15 is 0 Å². The number of Topliss-reactive ketones (excluding diaryl/α,β-unsaturated/α-hetero) is 1. The van der Waals surface area contributed by atoms with Crippen molar-refractivity contribution in [3.63, 3.8) is 0 Å². The first-order chi connectivity index (χ1) is 14.4. The molecule has 30 heavy (non-hydrogen) atoms. The zero-order valence-electron chi connectivity index (χ0n) is 17.0. The lowest BCUT2D eigenvalue weighted by molar-refractivity contribution is -0.117. The first-order valence-electron chi connectivity index (χ1n) is 9.70. The number of hydrogen-bond donors (Lipinski definition) is 2. The highest BCUT2D eigenvalue weighted by atomic mass is 16.5. The molecule has 1 amide bonds. The fourth-order valence-corrected chi connectivity index (χ4v) is 3.06. The van der Waals surface area contributed by atoms with Crippen molar-refractivity contribution in [1.29, 1.82) is 0 Å². The summed E-state index contributed by atoms with van der Waals surface area (Å²) in [6, 6.07) is 8.07. The van der Waals surface area contributed by atoms with Crippen LogP contribution in [-0.2, 0) is 4.79 Å². The number of ketones is 1. The number of benzene rings is 1. The molecule has 1 aromatic heterocycles. The van der Waals surface area contributed by atoms with Crippen molar-refractivity contribution in [3.8, 4) is 5.75 Å². The largest absolute Gasteiger partial charge is 0.490 e. The van der Waals surface area contributed by atoms with E-state index in [0.717, 1.165) is 18.6 Å². The van der Waals surface area contributed by atoms with Crippen molar-refractivity contribution in [3.05, 3.63) is 47.4 Å². The average molecular weight is 408 g/mol. The Balaban J connectivity index is 1.67. The van der Waals surface area contributed by atoms with Crippen LogP contribution in [0.2, 0.25) is 0 Å². The fraction of sp³-hybridized carbons (Fsp3) is 0.381. The summed E-state index contributed by atoms with van der Waals surface area (Å²) in [5, 5.41) is 2.99. The number of nitrogens with two attached hydrogens (primary N) is 1. The number of ether oxygens (including phenoxy) is 1. The van der Waals surface area contributed by atoms with Gasteiger partial charge in [0.05, 0.1) is 12.6 Å². The Morgan fingerprint density at radius 1 is 1.27 bits per heavy atom. The van der Waals surface area contributed by atoms with Crippen molar-refractivity contribution in [2.45, 2.75) is 38.8 Å². The lowest BCUT2D eigenvalue weighted by atomic mass is 10.1. The van der Waals surface area contributed by atoms with Gasteiger partial charge in [0, 0.05) is 32.0 Å². The van der Waals surface area contributed by atoms with Crippen molar-refractivity contribution >= 4 is 29.1 Å². The lowest BCUT2D eigenvalue weighted by Crippen LogP contribution is -2.39. The monoisotopic (exact) mass is 408 g/mol. The Kier molecular flexibility index (Phi) is 6.47. The number of hydrogen-bond acceptors (Lipinski definition) is 7. The van der Waals surface area contributed by atoms with Crippen LogP contribution in [-0.4, -0.2) is 46.9 Å². The lowest BCUT2D eigenvalue weighted by Gasteiger charge is -2.32. The van der Waals surface area contributed by atoms with Crippen LogP contribution in [0.15, 0.2) is 30.3 Å². The number of carbonyl (C=O) groups excluding carboxylic acids is 2. The second-order valence-corrected chi connectivity index (χ2v) is 7.19. The van der Waals surface area contributed by atoms with E-state index < -0.39 is 11.9 Å². The molecule has 0 bridgehead atoms. The number of aromatic nitrogens is 2. The zero-order chi connectivity index (χ0) is 21.7. The molecule has 3 rings (SSSR count). The molecule has 0 unspecified atom stereocenters. The van der Waals surface area contributed by atoms with Gasteiger partial charge in [0.2, 0.25) is 5.95 Å². The highest BCUT2D eigenvalue weighted by molar-refractivity contribution is 5.92. The summed E-state index contributed by atoms with van der Waals surface area (Å²) in [6.07, 6.45) is 1.54. The minimum absolute atomic E-state index is 0.0368. The highest BCUT2D eigenvalue weighted by Gasteiger charge is 2.24. The van der Waals surface area contributed by atoms with Gasteiger partial charge >= 0.3 is 0 Å². The van der Waals surface area contributed by atoms with Crippen LogP contribution in [0.3, 0.4) is 0 Å². The maximum Gasteiger partial charge on any atom is 0.267 e. The summed E-state index contributed by atoms with van der Waals surface area (Å²) in [6.45, 7) is 11.5. The summed E-state index contributed by atoms with van der Waals surface area (Å²) in [5.41, 5.74) is 6.09. The van der Waals surface area contributed by atoms with E-state index in [1.54, 1.807) is 31.2 Å². The molecule has 1 saturated heterocycles. The zero-order valence-corrected chi connectivity index (χ0v) is 17.0. The van der Waals surface area contributed by atoms with Gasteiger partial charge in [-0.2, -0.15) is 4.98 Å². The summed E-state index contributed by atoms with van der Waals surface area (Å²) < 4.78 is 6.01. The van der Waals surface area contributed by atoms with Crippen LogP contribution in [0.1, 0.15) is 37.2 Å². The Hall–Kier alpha value is -3.67. The number of nitrogens with one attached hydrogen (secondary N) is 1. The normalized spacial score (nSPS) is 15.2. The van der Waals surface area contributed by atoms with E-state index in [0.29, 0.717) is 30.5 Å². The highest BCUT2D eigenvalue weighted by Crippen LogP contribution is 2.24. The quantitative estimate of drug-likeness (QED) is 0.677. The Morgan fingerprint density at radius 3 is 2.50 bits per heavy atom. The maximum absolute atomic E-state index is 11.7. The Labute approximate surface area is 175 Å². The van der Waals surface area contributed by atoms with Gasteiger partial charge in [-0.05, 0) is 26.0 Å². The topological polar surface area (TPSA) is 115 Å². The number of rotatable bonds is 7. The molecule has 0 radical (unpaired) electrons. The fourth-order valence-electron chi connectivity index (χ4n) is 3.06. The van der Waals surface area contributed by atoms with E-state index in [-0.39, 0.29) is 17.6 Å². The summed E-state index contributed by atoms with van der Waals surface area (Å²) in [4.78, 5) is 37.3. The van der Waals surface area contributed by atoms with Crippen LogP contribution in [0.5, 0.6) is 5.75 Å². The first kappa shape index (κ1) is 21.0. The van der Waals surface area contributed by atoms with E-state index in [2.05, 4.69) is 20.1 Å². The number of primary amides is 1. The summed E-state index contributed by atoms with van der Waals surface area (Å²) >= 11 is 0. The average Bonchev–Trinajstić information content (AvgIpc) is 2.74. The minimum atomic E-state index is -0.654. The molecule has 1 aromatic carbocycles. The molecule has 1 fully saturated rings. The first-order valence-corrected chi connectivity index (χ1v) is 9.70. The van der Waals surface area contributed by atoms with Gasteiger partial charge in [0.25, 0.3) is 5.91 Å². The SMILES string of the molecule is [C-]#[N+]c1ccc(OC2CCN(c3nc(N[C@@H](C)C(C)=O)cc(C(N)=O)n3)CC2)cc1. The maximum atomic E-state index is 11.7. The smallest absolute Gasteiger partial charge is 0.267 e. The van der Waals surface area contributed by atoms with E-state index in [4.69, 9.17) is 17.0 Å². The van der Waals surface area contributed by atoms with Gasteiger partial charge in [-0.3, -0.25) is 9.59 Å². The van der Waals surface area contributed by atoms with Crippen LogP contribution in [0, 0.1) is 6.57 Å². The Morgan fingerprint density at radius 2 is 1.93 bits per heavy atom. The third kappa shape index (κ3) is 5.23. The van der Waals surface area contributed by atoms with Gasteiger partial charge in [-0.25, -0.2) is 9.83 Å². The van der Waals surface area contributed by atoms with Gasteiger partial charge in [-0.15, -0.1) is 0 Å². The standard InChI is InChI=1S/C21H24N6O3/c1-13(14(2)28)24-19-12-18(20(22)29)25-21(26-19)27-10-8-17(9-11-27)30-16-6-4-15(23-3)5-7-16/h4-7,12-13,17H,8-11H2,1-2H3,(H2,22,29)(H,24,25,26)/t13-/m0/s1. The minimum Gasteiger partial charge on any atom is -0.490 e. The number of carbonyl (C=O) groups is 2. The van der Waals surface area contributed by atoms with Gasteiger partial charge in [-0.1, -0.05) is 12.1 Å². The Bertz CT molecular complexity index is 962. The molecule has 0 spiro atoms. The van der Waals surface area contributed by atoms with Crippen molar-refractivity contribution in [2.75, 3.05) is 23.3 Å². The van der Waals surface area contributed by atoms with Crippen LogP contribution in [0.25, 0.3) is 4.85 Å². The van der Waals surface area contributed by atoms with Crippen molar-refractivity contribution in [2.24, 2.45) is 5.73 Å². The molecule has 9 nitrogen and oxygen atoms in total. The number of nitrogens with zero attached hydrogens (tertiary/aromatic N) is 4. The number of anilines is 2. The molecule has 156 valence electrons. The third-order valence-corrected chi connectivity index (χ3v) is 4.93. The van der Waals surface area contributed by atoms with Crippen molar-refractivity contribution < 1.29 is 14.3 Å². The predicted molar refractivity (Wildman–Crippen MR) is 113 cm³/mol. The van der Waals surface area contributed by atoms with E-state index in [1.807, 2.05) is 4.90 Å². The number of piperidine rings is 1. The van der Waals surface area contributed by atoms with Crippen molar-refractivity contribution in [1.82, 2.24) is 9.97 Å². The molecule has 2 aromatic rings. The van der Waals surface area contributed by atoms with Crippen LogP contribution < -0.4 is 20.7 Å². The summed E-state index contributed by atoms with van der Waals surface area (Å²) in [7, 11) is 0. The van der Waals surface area contributed by atoms with Crippen LogP contribution in [0.4, 0.5) is 17.5 Å². The van der Waals surface area contributed by atoms with Gasteiger partial charge in [0.1, 0.15) is 23.4 Å². The molecule has 0 aliphatic carbocycles. The molecule has 3 N–H and O–H groups in total. The van der Waals surface area contributed by atoms with Crippen LogP contribution >= 0.6 is 0 Å². The van der Waals surface area contributed by atoms with E-state index in [1.165, 1.54) is 13.0 Å². The number of amides is 1. The molecular weight excluding hydrogens is 384 g/mol. The van der Waals surface area contributed by atoms with Gasteiger partial charge < -0.3 is 20.7 Å². The van der Waals surface area contributed by atoms with E-state index in [9.17, 15) is 9.59 Å². The molecular formula is C21H24N6O3. The molecule has 2 heterocycles. The molecule has 1 atom stereocenters. The molecule has 9 heteroatoms. The second-order valence-electron chi connectivity index (χ2n) is 7.19. The molecule has 0 saturated carbocycles. The molecule has 1 aliphatic rings. The predicted octanol–water partition coefficient (Wildman–Crippen LogP) is 2.56. The third-order valence-electron chi connectivity index (χ3n) is 4.93. The van der Waals surface area contributed by atoms with Gasteiger partial charge in [0.15, 0.2) is 11.5 Å². The molecule has 1 aliphatic heterocycles.